The van der Waals surface area contributed by atoms with Crippen LogP contribution in [0.5, 0.6) is 0 Å². The average Bonchev–Trinajstić information content (AvgIpc) is 3.32. The van der Waals surface area contributed by atoms with E-state index < -0.39 is 12.0 Å². The second kappa shape index (κ2) is 4.91. The minimum atomic E-state index is -0.956. The van der Waals surface area contributed by atoms with Gasteiger partial charge in [0, 0.05) is 26.6 Å². The first kappa shape index (κ1) is 13.7. The summed E-state index contributed by atoms with van der Waals surface area (Å²) in [6.45, 7) is 1.05. The van der Waals surface area contributed by atoms with E-state index in [0.717, 1.165) is 5.92 Å². The summed E-state index contributed by atoms with van der Waals surface area (Å²) in [4.78, 5) is 24.9. The summed E-state index contributed by atoms with van der Waals surface area (Å²) in [5.74, 6) is -0.175. The molecule has 0 spiro atoms. The number of rotatable bonds is 5. The van der Waals surface area contributed by atoms with E-state index in [1.807, 2.05) is 0 Å². The molecule has 0 aromatic carbocycles. The number of hydrogen-bond donors (Lipinski definition) is 2. The van der Waals surface area contributed by atoms with Crippen LogP contribution in [-0.4, -0.2) is 54.4 Å². The molecule has 0 bridgehead atoms. The molecule has 20 heavy (non-hydrogen) atoms. The van der Waals surface area contributed by atoms with Gasteiger partial charge in [-0.25, -0.2) is 9.59 Å². The smallest absolute Gasteiger partial charge is 0.326 e. The lowest BCUT2D eigenvalue weighted by atomic mass is 10.0. The van der Waals surface area contributed by atoms with E-state index in [1.165, 1.54) is 30.6 Å². The van der Waals surface area contributed by atoms with Crippen molar-refractivity contribution in [1.29, 1.82) is 0 Å². The molecule has 6 nitrogen and oxygen atoms in total. The van der Waals surface area contributed by atoms with Gasteiger partial charge in [-0.2, -0.15) is 0 Å². The third kappa shape index (κ3) is 2.49. The van der Waals surface area contributed by atoms with Crippen molar-refractivity contribution < 1.29 is 19.4 Å². The van der Waals surface area contributed by atoms with E-state index in [-0.39, 0.29) is 12.1 Å². The van der Waals surface area contributed by atoms with Gasteiger partial charge in [-0.15, -0.1) is 0 Å². The van der Waals surface area contributed by atoms with Gasteiger partial charge in [0.2, 0.25) is 0 Å². The number of nitrogens with one attached hydrogen (secondary N) is 1. The predicted octanol–water partition coefficient (Wildman–Crippen LogP) is 1.06. The zero-order valence-corrected chi connectivity index (χ0v) is 11.8. The minimum absolute atomic E-state index is 0.180. The number of carbonyl (C=O) groups is 2. The monoisotopic (exact) mass is 282 g/mol. The lowest BCUT2D eigenvalue weighted by molar-refractivity contribution is -0.141. The Bertz CT molecular complexity index is 417. The molecule has 0 aromatic rings. The molecular weight excluding hydrogens is 260 g/mol. The SMILES string of the molecule is COC1CC(C(=O)O)N(C(=O)NCC2(C3CC3)CC2)C1. The van der Waals surface area contributed by atoms with E-state index in [1.54, 1.807) is 7.11 Å². The molecule has 2 amide bonds. The molecule has 2 unspecified atom stereocenters. The van der Waals surface area contributed by atoms with Crippen LogP contribution in [0, 0.1) is 11.3 Å². The van der Waals surface area contributed by atoms with Crippen LogP contribution in [0.1, 0.15) is 32.1 Å². The van der Waals surface area contributed by atoms with Crippen LogP contribution in [0.15, 0.2) is 0 Å². The molecule has 0 radical (unpaired) electrons. The first-order valence-electron chi connectivity index (χ1n) is 7.36. The van der Waals surface area contributed by atoms with Crippen LogP contribution in [0.4, 0.5) is 4.79 Å². The van der Waals surface area contributed by atoms with Gasteiger partial charge >= 0.3 is 12.0 Å². The molecule has 3 rings (SSSR count). The fourth-order valence-electron chi connectivity index (χ4n) is 3.37. The van der Waals surface area contributed by atoms with Crippen LogP contribution in [0.25, 0.3) is 0 Å². The summed E-state index contributed by atoms with van der Waals surface area (Å²) in [6, 6.07) is -1.03. The first-order valence-corrected chi connectivity index (χ1v) is 7.36. The van der Waals surface area contributed by atoms with E-state index in [4.69, 9.17) is 4.74 Å². The van der Waals surface area contributed by atoms with Crippen molar-refractivity contribution in [3.05, 3.63) is 0 Å². The Morgan fingerprint density at radius 3 is 2.60 bits per heavy atom. The fraction of sp³-hybridized carbons (Fsp3) is 0.857. The van der Waals surface area contributed by atoms with Crippen LogP contribution in [-0.2, 0) is 9.53 Å². The highest BCUT2D eigenvalue weighted by molar-refractivity contribution is 5.83. The van der Waals surface area contributed by atoms with Crippen molar-refractivity contribution in [2.75, 3.05) is 20.2 Å². The number of carbonyl (C=O) groups excluding carboxylic acids is 1. The van der Waals surface area contributed by atoms with Gasteiger partial charge in [0.05, 0.1) is 6.10 Å². The molecule has 6 heteroatoms. The molecule has 3 aliphatic rings. The van der Waals surface area contributed by atoms with Crippen LogP contribution in [0.3, 0.4) is 0 Å². The molecular formula is C14H22N2O4. The molecule has 0 aromatic heterocycles. The Morgan fingerprint density at radius 2 is 2.10 bits per heavy atom. The van der Waals surface area contributed by atoms with Crippen molar-refractivity contribution >= 4 is 12.0 Å². The van der Waals surface area contributed by atoms with Gasteiger partial charge in [0.25, 0.3) is 0 Å². The summed E-state index contributed by atoms with van der Waals surface area (Å²) < 4.78 is 5.19. The quantitative estimate of drug-likeness (QED) is 0.790. The largest absolute Gasteiger partial charge is 0.480 e. The lowest BCUT2D eigenvalue weighted by Crippen LogP contribution is -2.47. The summed E-state index contributed by atoms with van der Waals surface area (Å²) in [7, 11) is 1.55. The minimum Gasteiger partial charge on any atom is -0.480 e. The number of ether oxygens (including phenoxy) is 1. The highest BCUT2D eigenvalue weighted by Crippen LogP contribution is 2.60. The van der Waals surface area contributed by atoms with Gasteiger partial charge in [-0.05, 0) is 37.0 Å². The third-order valence-electron chi connectivity index (χ3n) is 5.07. The number of methoxy groups -OCH3 is 1. The van der Waals surface area contributed by atoms with Crippen molar-refractivity contribution in [3.63, 3.8) is 0 Å². The highest BCUT2D eigenvalue weighted by atomic mass is 16.5. The van der Waals surface area contributed by atoms with Crippen molar-refractivity contribution in [1.82, 2.24) is 10.2 Å². The Kier molecular flexibility index (Phi) is 3.36. The summed E-state index contributed by atoms with van der Waals surface area (Å²) in [6.07, 6.45) is 5.14. The van der Waals surface area contributed by atoms with Gasteiger partial charge in [0.1, 0.15) is 6.04 Å². The van der Waals surface area contributed by atoms with Crippen LogP contribution >= 0.6 is 0 Å². The van der Waals surface area contributed by atoms with Gasteiger partial charge in [0.15, 0.2) is 0 Å². The summed E-state index contributed by atoms with van der Waals surface area (Å²) in [5.41, 5.74) is 0.328. The Hall–Kier alpha value is -1.30. The van der Waals surface area contributed by atoms with Gasteiger partial charge < -0.3 is 20.1 Å². The van der Waals surface area contributed by atoms with E-state index in [2.05, 4.69) is 5.32 Å². The Balaban J connectivity index is 1.56. The lowest BCUT2D eigenvalue weighted by Gasteiger charge is -2.23. The summed E-state index contributed by atoms with van der Waals surface area (Å²) >= 11 is 0. The number of hydrogen-bond acceptors (Lipinski definition) is 3. The molecule has 1 heterocycles. The number of carboxylic acid groups (broad SMARTS) is 1. The van der Waals surface area contributed by atoms with Crippen molar-refractivity contribution in [2.45, 2.75) is 44.2 Å². The topological polar surface area (TPSA) is 78.9 Å². The Labute approximate surface area is 118 Å². The number of likely N-dealkylation sites (tertiary alicyclic amines) is 1. The fourth-order valence-corrected chi connectivity index (χ4v) is 3.37. The standard InChI is InChI=1S/C14H22N2O4/c1-20-10-6-11(12(17)18)16(7-10)13(19)15-8-14(4-5-14)9-2-3-9/h9-11H,2-8H2,1H3,(H,15,19)(H,17,18). The number of urea groups is 1. The van der Waals surface area contributed by atoms with Crippen molar-refractivity contribution in [3.8, 4) is 0 Å². The average molecular weight is 282 g/mol. The van der Waals surface area contributed by atoms with E-state index in [9.17, 15) is 14.7 Å². The molecule has 3 fully saturated rings. The molecule has 2 saturated carbocycles. The van der Waals surface area contributed by atoms with Gasteiger partial charge in [-0.3, -0.25) is 0 Å². The molecule has 2 atom stereocenters. The third-order valence-corrected chi connectivity index (χ3v) is 5.07. The Morgan fingerprint density at radius 1 is 1.40 bits per heavy atom. The molecule has 2 N–H and O–H groups in total. The molecule has 1 aliphatic heterocycles. The number of aliphatic carboxylic acids is 1. The zero-order chi connectivity index (χ0) is 14.3. The molecule has 112 valence electrons. The van der Waals surface area contributed by atoms with E-state index in [0.29, 0.717) is 24.9 Å². The van der Waals surface area contributed by atoms with Crippen LogP contribution < -0.4 is 5.32 Å². The molecule has 2 aliphatic carbocycles. The van der Waals surface area contributed by atoms with E-state index >= 15 is 0 Å². The van der Waals surface area contributed by atoms with Gasteiger partial charge in [-0.1, -0.05) is 0 Å². The highest BCUT2D eigenvalue weighted by Gasteiger charge is 2.54. The number of nitrogens with zero attached hydrogens (tertiary/aromatic N) is 1. The predicted molar refractivity (Wildman–Crippen MR) is 71.3 cm³/mol. The molecule has 1 saturated heterocycles. The maximum Gasteiger partial charge on any atom is 0.326 e. The zero-order valence-electron chi connectivity index (χ0n) is 11.8. The summed E-state index contributed by atoms with van der Waals surface area (Å²) in [5, 5.41) is 12.2. The maximum absolute atomic E-state index is 12.2. The first-order chi connectivity index (χ1) is 9.55. The normalized spacial score (nSPS) is 31.1. The second-order valence-corrected chi connectivity index (χ2v) is 6.40. The van der Waals surface area contributed by atoms with Crippen LogP contribution in [0.2, 0.25) is 0 Å². The van der Waals surface area contributed by atoms with Crippen molar-refractivity contribution in [2.24, 2.45) is 11.3 Å². The number of amides is 2. The maximum atomic E-state index is 12.2. The second-order valence-electron chi connectivity index (χ2n) is 6.40. The number of carboxylic acids is 1.